The minimum absolute atomic E-state index is 0.220. The van der Waals surface area contributed by atoms with E-state index in [1.54, 1.807) is 6.92 Å². The van der Waals surface area contributed by atoms with E-state index in [-0.39, 0.29) is 5.91 Å². The Balaban J connectivity index is 1.85. The minimum Gasteiger partial charge on any atom is -0.340 e. The van der Waals surface area contributed by atoms with Crippen molar-refractivity contribution in [2.45, 2.75) is 26.3 Å². The Labute approximate surface area is 98.0 Å². The third-order valence-corrected chi connectivity index (χ3v) is 3.97. The number of rotatable bonds is 1. The first kappa shape index (κ1) is 11.9. The van der Waals surface area contributed by atoms with Gasteiger partial charge in [0.1, 0.15) is 0 Å². The van der Waals surface area contributed by atoms with E-state index >= 15 is 0 Å². The molecule has 1 N–H and O–H groups in total. The molecule has 0 aromatic rings. The molecule has 4 heteroatoms. The Hall–Kier alpha value is -0.610. The molecular weight excluding hydrogens is 202 g/mol. The Kier molecular flexibility index (Phi) is 3.82. The topological polar surface area (TPSA) is 35.6 Å². The van der Waals surface area contributed by atoms with E-state index in [4.69, 9.17) is 0 Å². The van der Waals surface area contributed by atoms with Crippen LogP contribution in [0.15, 0.2) is 0 Å². The normalized spacial score (nSPS) is 32.8. The van der Waals surface area contributed by atoms with E-state index in [1.807, 2.05) is 4.90 Å². The Bertz CT molecular complexity index is 249. The van der Waals surface area contributed by atoms with Crippen molar-refractivity contribution in [3.63, 3.8) is 0 Å². The van der Waals surface area contributed by atoms with Gasteiger partial charge in [-0.2, -0.15) is 0 Å². The fraction of sp³-hybridized carbons (Fsp3) is 0.917. The van der Waals surface area contributed by atoms with Crippen LogP contribution in [0.25, 0.3) is 0 Å². The second kappa shape index (κ2) is 5.15. The van der Waals surface area contributed by atoms with Crippen LogP contribution in [-0.2, 0) is 4.79 Å². The molecule has 2 aliphatic heterocycles. The van der Waals surface area contributed by atoms with Gasteiger partial charge in [-0.3, -0.25) is 9.69 Å². The fourth-order valence-corrected chi connectivity index (χ4v) is 2.91. The van der Waals surface area contributed by atoms with Crippen LogP contribution in [0, 0.1) is 5.92 Å². The quantitative estimate of drug-likeness (QED) is 0.690. The average molecular weight is 225 g/mol. The van der Waals surface area contributed by atoms with Gasteiger partial charge in [-0.25, -0.2) is 0 Å². The van der Waals surface area contributed by atoms with Crippen molar-refractivity contribution < 1.29 is 4.79 Å². The molecule has 2 saturated heterocycles. The van der Waals surface area contributed by atoms with Crippen molar-refractivity contribution in [2.24, 2.45) is 5.92 Å². The Morgan fingerprint density at radius 1 is 1.25 bits per heavy atom. The van der Waals surface area contributed by atoms with Crippen LogP contribution in [0.1, 0.15) is 20.3 Å². The zero-order valence-corrected chi connectivity index (χ0v) is 10.4. The highest BCUT2D eigenvalue weighted by atomic mass is 16.2. The summed E-state index contributed by atoms with van der Waals surface area (Å²) in [6.07, 6.45) is 1.25. The maximum absolute atomic E-state index is 11.2. The van der Waals surface area contributed by atoms with Crippen LogP contribution >= 0.6 is 0 Å². The van der Waals surface area contributed by atoms with Gasteiger partial charge in [0.05, 0.1) is 0 Å². The maximum Gasteiger partial charge on any atom is 0.219 e. The van der Waals surface area contributed by atoms with E-state index in [0.29, 0.717) is 0 Å². The molecule has 0 saturated carbocycles. The summed E-state index contributed by atoms with van der Waals surface area (Å²) in [5.74, 6) is 0.954. The summed E-state index contributed by atoms with van der Waals surface area (Å²) >= 11 is 0. The first-order valence-electron chi connectivity index (χ1n) is 6.39. The van der Waals surface area contributed by atoms with Gasteiger partial charge in [-0.1, -0.05) is 6.92 Å². The summed E-state index contributed by atoms with van der Waals surface area (Å²) in [6, 6.07) is 0.718. The van der Waals surface area contributed by atoms with Gasteiger partial charge < -0.3 is 10.2 Å². The molecule has 16 heavy (non-hydrogen) atoms. The molecule has 2 fully saturated rings. The number of hydrogen-bond donors (Lipinski definition) is 1. The van der Waals surface area contributed by atoms with E-state index in [1.165, 1.54) is 6.42 Å². The van der Waals surface area contributed by atoms with Crippen LogP contribution in [-0.4, -0.2) is 61.0 Å². The predicted octanol–water partition coefficient (Wildman–Crippen LogP) is 0.149. The molecule has 2 heterocycles. The lowest BCUT2D eigenvalue weighted by Crippen LogP contribution is -2.56. The summed E-state index contributed by atoms with van der Waals surface area (Å²) in [4.78, 5) is 15.8. The van der Waals surface area contributed by atoms with Gasteiger partial charge in [0.15, 0.2) is 0 Å². The van der Waals surface area contributed by atoms with Crippen LogP contribution in [0.2, 0.25) is 0 Å². The van der Waals surface area contributed by atoms with Crippen LogP contribution in [0.5, 0.6) is 0 Å². The molecule has 2 unspecified atom stereocenters. The lowest BCUT2D eigenvalue weighted by Gasteiger charge is -2.43. The van der Waals surface area contributed by atoms with Crippen molar-refractivity contribution in [1.82, 2.24) is 15.1 Å². The third kappa shape index (κ3) is 2.55. The summed E-state index contributed by atoms with van der Waals surface area (Å²) in [5.41, 5.74) is 0. The molecule has 0 aromatic heterocycles. The molecule has 0 aromatic carbocycles. The second-order valence-electron chi connectivity index (χ2n) is 5.08. The zero-order chi connectivity index (χ0) is 11.5. The number of nitrogens with zero attached hydrogens (tertiary/aromatic N) is 2. The van der Waals surface area contributed by atoms with Crippen molar-refractivity contribution in [2.75, 3.05) is 39.3 Å². The van der Waals surface area contributed by atoms with Crippen LogP contribution < -0.4 is 5.32 Å². The lowest BCUT2D eigenvalue weighted by atomic mass is 9.93. The number of amides is 1. The van der Waals surface area contributed by atoms with Crippen molar-refractivity contribution in [3.05, 3.63) is 0 Å². The highest BCUT2D eigenvalue weighted by molar-refractivity contribution is 5.73. The number of carbonyl (C=O) groups excluding carboxylic acids is 1. The molecule has 0 aliphatic carbocycles. The van der Waals surface area contributed by atoms with E-state index < -0.39 is 0 Å². The van der Waals surface area contributed by atoms with Gasteiger partial charge in [0.2, 0.25) is 5.91 Å². The van der Waals surface area contributed by atoms with Gasteiger partial charge in [0, 0.05) is 39.1 Å². The van der Waals surface area contributed by atoms with Crippen molar-refractivity contribution in [3.8, 4) is 0 Å². The Morgan fingerprint density at radius 3 is 2.50 bits per heavy atom. The molecule has 4 nitrogen and oxygen atoms in total. The number of piperidine rings is 1. The summed E-state index contributed by atoms with van der Waals surface area (Å²) in [6.45, 7) is 10.2. The largest absolute Gasteiger partial charge is 0.340 e. The molecule has 0 bridgehead atoms. The molecule has 2 aliphatic rings. The van der Waals surface area contributed by atoms with Gasteiger partial charge in [-0.05, 0) is 25.4 Å². The highest BCUT2D eigenvalue weighted by Crippen LogP contribution is 2.19. The molecule has 92 valence electrons. The summed E-state index contributed by atoms with van der Waals surface area (Å²) < 4.78 is 0. The average Bonchev–Trinajstić information content (AvgIpc) is 2.30. The van der Waals surface area contributed by atoms with E-state index in [0.717, 1.165) is 51.2 Å². The molecule has 1 amide bonds. The molecule has 0 spiro atoms. The number of carbonyl (C=O) groups is 1. The number of nitrogens with one attached hydrogen (secondary N) is 1. The first-order chi connectivity index (χ1) is 7.68. The fourth-order valence-electron chi connectivity index (χ4n) is 2.91. The smallest absolute Gasteiger partial charge is 0.219 e. The highest BCUT2D eigenvalue weighted by Gasteiger charge is 2.29. The van der Waals surface area contributed by atoms with Gasteiger partial charge in [0.25, 0.3) is 0 Å². The summed E-state index contributed by atoms with van der Waals surface area (Å²) in [5, 5.41) is 3.44. The maximum atomic E-state index is 11.2. The first-order valence-corrected chi connectivity index (χ1v) is 6.39. The predicted molar refractivity (Wildman–Crippen MR) is 64.3 cm³/mol. The second-order valence-corrected chi connectivity index (χ2v) is 5.08. The zero-order valence-electron chi connectivity index (χ0n) is 10.4. The van der Waals surface area contributed by atoms with E-state index in [9.17, 15) is 4.79 Å². The van der Waals surface area contributed by atoms with Gasteiger partial charge in [-0.15, -0.1) is 0 Å². The third-order valence-electron chi connectivity index (χ3n) is 3.97. The van der Waals surface area contributed by atoms with Crippen molar-refractivity contribution >= 4 is 5.91 Å². The lowest BCUT2D eigenvalue weighted by molar-refractivity contribution is -0.131. The standard InChI is InChI=1S/C12H23N3O/c1-10-9-13-4-3-12(10)15-7-5-14(6-8-15)11(2)16/h10,12-13H,3-9H2,1-2H3. The van der Waals surface area contributed by atoms with Crippen LogP contribution in [0.4, 0.5) is 0 Å². The van der Waals surface area contributed by atoms with Crippen molar-refractivity contribution in [1.29, 1.82) is 0 Å². The summed E-state index contributed by atoms with van der Waals surface area (Å²) in [7, 11) is 0. The molecule has 0 radical (unpaired) electrons. The van der Waals surface area contributed by atoms with Gasteiger partial charge >= 0.3 is 0 Å². The number of hydrogen-bond acceptors (Lipinski definition) is 3. The number of piperazine rings is 1. The van der Waals surface area contributed by atoms with Crippen LogP contribution in [0.3, 0.4) is 0 Å². The Morgan fingerprint density at radius 2 is 1.94 bits per heavy atom. The molecular formula is C12H23N3O. The van der Waals surface area contributed by atoms with E-state index in [2.05, 4.69) is 17.1 Å². The monoisotopic (exact) mass is 225 g/mol. The molecule has 2 atom stereocenters. The molecule has 2 rings (SSSR count). The SMILES string of the molecule is CC(=O)N1CCN(C2CCNCC2C)CC1. The minimum atomic E-state index is 0.220.